The van der Waals surface area contributed by atoms with E-state index in [0.717, 1.165) is 13.0 Å². The molecule has 2 aromatic rings. The van der Waals surface area contributed by atoms with E-state index in [-0.39, 0.29) is 17.9 Å². The number of amides is 3. The Kier molecular flexibility index (Phi) is 6.01. The van der Waals surface area contributed by atoms with Gasteiger partial charge in [0.2, 0.25) is 5.91 Å². The molecule has 7 nitrogen and oxygen atoms in total. The summed E-state index contributed by atoms with van der Waals surface area (Å²) >= 11 is 0. The Bertz CT molecular complexity index is 775. The molecule has 2 heterocycles. The summed E-state index contributed by atoms with van der Waals surface area (Å²) in [4.78, 5) is 26.5. The number of furan rings is 1. The Balaban J connectivity index is 1.45. The van der Waals surface area contributed by atoms with Crippen molar-refractivity contribution in [3.05, 3.63) is 54.0 Å². The van der Waals surface area contributed by atoms with E-state index in [2.05, 4.69) is 40.0 Å². The predicted molar refractivity (Wildman–Crippen MR) is 104 cm³/mol. The van der Waals surface area contributed by atoms with Gasteiger partial charge in [-0.15, -0.1) is 0 Å². The van der Waals surface area contributed by atoms with Gasteiger partial charge in [0.25, 0.3) is 0 Å². The van der Waals surface area contributed by atoms with Crippen molar-refractivity contribution in [2.24, 2.45) is 0 Å². The summed E-state index contributed by atoms with van der Waals surface area (Å²) < 4.78 is 5.17. The Morgan fingerprint density at radius 1 is 1.22 bits per heavy atom. The summed E-state index contributed by atoms with van der Waals surface area (Å²) in [6.45, 7) is 3.45. The summed E-state index contributed by atoms with van der Waals surface area (Å²) in [6, 6.07) is 10.8. The van der Waals surface area contributed by atoms with E-state index in [4.69, 9.17) is 4.42 Å². The summed E-state index contributed by atoms with van der Waals surface area (Å²) in [6.07, 6.45) is 2.53. The Hall–Kier alpha value is -2.96. The molecule has 3 rings (SSSR count). The number of fused-ring (bicyclic) bond motifs is 1. The lowest BCUT2D eigenvalue weighted by Gasteiger charge is -2.33. The number of carbonyl (C=O) groups excluding carboxylic acids is 2. The quantitative estimate of drug-likeness (QED) is 0.728. The number of hydrogen-bond acceptors (Lipinski definition) is 4. The SMILES string of the molecule is C[C@H](NC(=O)NC[C@H]1CCN(C)c2ccccc21)C(=O)NCc1ccco1. The molecule has 0 aliphatic carbocycles. The van der Waals surface area contributed by atoms with E-state index < -0.39 is 6.04 Å². The largest absolute Gasteiger partial charge is 0.467 e. The maximum Gasteiger partial charge on any atom is 0.315 e. The van der Waals surface area contributed by atoms with Gasteiger partial charge in [0.1, 0.15) is 11.8 Å². The summed E-state index contributed by atoms with van der Waals surface area (Å²) in [7, 11) is 2.08. The topological polar surface area (TPSA) is 86.6 Å². The zero-order valence-corrected chi connectivity index (χ0v) is 15.7. The molecule has 0 bridgehead atoms. The molecule has 0 saturated heterocycles. The van der Waals surface area contributed by atoms with E-state index >= 15 is 0 Å². The van der Waals surface area contributed by atoms with Crippen LogP contribution in [0.3, 0.4) is 0 Å². The third kappa shape index (κ3) is 4.81. The molecule has 3 amide bonds. The van der Waals surface area contributed by atoms with Crippen molar-refractivity contribution in [2.75, 3.05) is 25.0 Å². The number of carbonyl (C=O) groups is 2. The van der Waals surface area contributed by atoms with E-state index in [1.807, 2.05) is 12.1 Å². The van der Waals surface area contributed by atoms with Gasteiger partial charge in [-0.1, -0.05) is 18.2 Å². The van der Waals surface area contributed by atoms with Crippen LogP contribution in [0.25, 0.3) is 0 Å². The van der Waals surface area contributed by atoms with E-state index in [1.54, 1.807) is 25.3 Å². The summed E-state index contributed by atoms with van der Waals surface area (Å²) in [5.74, 6) is 0.679. The van der Waals surface area contributed by atoms with Crippen LogP contribution in [0, 0.1) is 0 Å². The lowest BCUT2D eigenvalue weighted by atomic mass is 9.90. The number of para-hydroxylation sites is 1. The minimum atomic E-state index is -0.635. The molecule has 0 fully saturated rings. The lowest BCUT2D eigenvalue weighted by molar-refractivity contribution is -0.122. The van der Waals surface area contributed by atoms with Gasteiger partial charge < -0.3 is 25.3 Å². The molecule has 0 saturated carbocycles. The van der Waals surface area contributed by atoms with Gasteiger partial charge in [-0.05, 0) is 37.1 Å². The van der Waals surface area contributed by atoms with Crippen molar-refractivity contribution in [3.63, 3.8) is 0 Å². The van der Waals surface area contributed by atoms with Gasteiger partial charge >= 0.3 is 6.03 Å². The second-order valence-corrected chi connectivity index (χ2v) is 6.84. The molecule has 1 aliphatic rings. The lowest BCUT2D eigenvalue weighted by Crippen LogP contribution is -2.49. The van der Waals surface area contributed by atoms with E-state index in [1.165, 1.54) is 11.3 Å². The monoisotopic (exact) mass is 370 g/mol. The maximum atomic E-state index is 12.2. The van der Waals surface area contributed by atoms with Gasteiger partial charge in [0.05, 0.1) is 12.8 Å². The van der Waals surface area contributed by atoms with Crippen LogP contribution in [0.2, 0.25) is 0 Å². The number of anilines is 1. The molecule has 27 heavy (non-hydrogen) atoms. The first-order chi connectivity index (χ1) is 13.0. The first kappa shape index (κ1) is 18.8. The van der Waals surface area contributed by atoms with Crippen LogP contribution < -0.4 is 20.9 Å². The molecule has 0 spiro atoms. The average molecular weight is 370 g/mol. The molecule has 2 atom stereocenters. The van der Waals surface area contributed by atoms with Crippen molar-refractivity contribution in [2.45, 2.75) is 31.8 Å². The molecule has 1 aromatic heterocycles. The molecule has 3 N–H and O–H groups in total. The highest BCUT2D eigenvalue weighted by atomic mass is 16.3. The van der Waals surface area contributed by atoms with Gasteiger partial charge in [-0.2, -0.15) is 0 Å². The van der Waals surface area contributed by atoms with Crippen LogP contribution in [-0.4, -0.2) is 38.1 Å². The number of nitrogens with zero attached hydrogens (tertiary/aromatic N) is 1. The van der Waals surface area contributed by atoms with Crippen LogP contribution in [0.4, 0.5) is 10.5 Å². The Morgan fingerprint density at radius 2 is 2.04 bits per heavy atom. The number of rotatable bonds is 6. The average Bonchev–Trinajstić information content (AvgIpc) is 3.19. The summed E-state index contributed by atoms with van der Waals surface area (Å²) in [5, 5.41) is 8.31. The smallest absolute Gasteiger partial charge is 0.315 e. The minimum Gasteiger partial charge on any atom is -0.467 e. The van der Waals surface area contributed by atoms with Gasteiger partial charge in [0.15, 0.2) is 0 Å². The van der Waals surface area contributed by atoms with E-state index in [9.17, 15) is 9.59 Å². The van der Waals surface area contributed by atoms with Crippen molar-refractivity contribution < 1.29 is 14.0 Å². The summed E-state index contributed by atoms with van der Waals surface area (Å²) in [5.41, 5.74) is 2.46. The van der Waals surface area contributed by atoms with Crippen LogP contribution in [0.1, 0.15) is 30.6 Å². The number of urea groups is 1. The molecular formula is C20H26N4O3. The van der Waals surface area contributed by atoms with Crippen molar-refractivity contribution >= 4 is 17.6 Å². The zero-order chi connectivity index (χ0) is 19.2. The van der Waals surface area contributed by atoms with Crippen molar-refractivity contribution in [3.8, 4) is 0 Å². The second kappa shape index (κ2) is 8.62. The van der Waals surface area contributed by atoms with Crippen LogP contribution >= 0.6 is 0 Å². The molecule has 0 unspecified atom stereocenters. The molecule has 1 aromatic carbocycles. The third-order valence-electron chi connectivity index (χ3n) is 4.87. The fourth-order valence-corrected chi connectivity index (χ4v) is 3.29. The van der Waals surface area contributed by atoms with Crippen LogP contribution in [0.5, 0.6) is 0 Å². The van der Waals surface area contributed by atoms with Gasteiger partial charge in [0, 0.05) is 31.7 Å². The first-order valence-corrected chi connectivity index (χ1v) is 9.19. The molecule has 0 radical (unpaired) electrons. The standard InChI is InChI=1S/C20H26N4O3/c1-14(19(25)21-13-16-6-5-11-27-16)23-20(26)22-12-15-9-10-24(2)18-8-4-3-7-17(15)18/h3-8,11,14-15H,9-10,12-13H2,1-2H3,(H,21,25)(H2,22,23,26)/t14-,15+/m0/s1. The number of benzene rings is 1. The zero-order valence-electron chi connectivity index (χ0n) is 15.7. The highest BCUT2D eigenvalue weighted by Crippen LogP contribution is 2.33. The maximum absolute atomic E-state index is 12.2. The molecule has 1 aliphatic heterocycles. The fourth-order valence-electron chi connectivity index (χ4n) is 3.29. The number of hydrogen-bond donors (Lipinski definition) is 3. The van der Waals surface area contributed by atoms with Crippen molar-refractivity contribution in [1.82, 2.24) is 16.0 Å². The predicted octanol–water partition coefficient (Wildman–Crippen LogP) is 2.21. The van der Waals surface area contributed by atoms with Gasteiger partial charge in [-0.3, -0.25) is 4.79 Å². The van der Waals surface area contributed by atoms with Crippen LogP contribution in [-0.2, 0) is 11.3 Å². The molecular weight excluding hydrogens is 344 g/mol. The Labute approximate surface area is 159 Å². The normalized spacial score (nSPS) is 17.0. The van der Waals surface area contributed by atoms with Crippen molar-refractivity contribution in [1.29, 1.82) is 0 Å². The minimum absolute atomic E-state index is 0.258. The first-order valence-electron chi connectivity index (χ1n) is 9.19. The van der Waals surface area contributed by atoms with E-state index in [0.29, 0.717) is 18.8 Å². The highest BCUT2D eigenvalue weighted by molar-refractivity contribution is 5.86. The molecule has 144 valence electrons. The second-order valence-electron chi connectivity index (χ2n) is 6.84. The van der Waals surface area contributed by atoms with Crippen LogP contribution in [0.15, 0.2) is 47.1 Å². The Morgan fingerprint density at radius 3 is 2.81 bits per heavy atom. The highest BCUT2D eigenvalue weighted by Gasteiger charge is 2.23. The van der Waals surface area contributed by atoms with Gasteiger partial charge in [-0.25, -0.2) is 4.79 Å². The third-order valence-corrected chi connectivity index (χ3v) is 4.87. The number of nitrogens with one attached hydrogen (secondary N) is 3. The molecule has 7 heteroatoms. The fraction of sp³-hybridized carbons (Fsp3) is 0.400.